The van der Waals surface area contributed by atoms with Gasteiger partial charge in [0.25, 0.3) is 0 Å². The normalized spacial score (nSPS) is 34.7. The van der Waals surface area contributed by atoms with Crippen molar-refractivity contribution in [1.82, 2.24) is 4.90 Å². The van der Waals surface area contributed by atoms with Crippen molar-refractivity contribution in [3.63, 3.8) is 0 Å². The van der Waals surface area contributed by atoms with Gasteiger partial charge in [-0.15, -0.1) is 0 Å². The first-order chi connectivity index (χ1) is 19.2. The number of nitrogens with zero attached hydrogens (tertiary/aromatic N) is 2. The van der Waals surface area contributed by atoms with E-state index >= 15 is 0 Å². The van der Waals surface area contributed by atoms with E-state index in [4.69, 9.17) is 13.9 Å². The number of anilines is 1. The van der Waals surface area contributed by atoms with Crippen molar-refractivity contribution in [1.29, 1.82) is 0 Å². The molecular weight excluding hydrogens is 536 g/mol. The molecule has 1 N–H and O–H groups in total. The summed E-state index contributed by atoms with van der Waals surface area (Å²) >= 11 is 0. The monoisotopic (exact) mass is 586 g/mol. The Hall–Kier alpha value is -1.94. The molecule has 0 aromatic heterocycles. The second-order valence-electron chi connectivity index (χ2n) is 13.9. The molecule has 3 fully saturated rings. The molecule has 4 aliphatic rings. The van der Waals surface area contributed by atoms with Gasteiger partial charge in [0.2, 0.25) is 13.9 Å². The van der Waals surface area contributed by atoms with Crippen molar-refractivity contribution in [2.75, 3.05) is 39.3 Å². The lowest BCUT2D eigenvalue weighted by Gasteiger charge is -2.62. The van der Waals surface area contributed by atoms with Crippen LogP contribution in [-0.2, 0) is 24.2 Å². The smallest absolute Gasteiger partial charge is 0.348 e. The SMILES string of the molecule is CC[C@]12C[C@H](O[Si](C(C)C)(C(C)C)C(C)C)CN3CC[C@@]4(c5ccc(OC)cc5N(C)[C@H]4[C@@](O)(C(=O)OC)C1=O)[C@@H]32. The van der Waals surface area contributed by atoms with E-state index in [0.717, 1.165) is 30.8 Å². The summed E-state index contributed by atoms with van der Waals surface area (Å²) in [6.45, 7) is 17.2. The largest absolute Gasteiger partial charge is 0.497 e. The number of esters is 1. The van der Waals surface area contributed by atoms with E-state index in [-0.39, 0.29) is 12.1 Å². The molecule has 1 aromatic carbocycles. The molecule has 5 rings (SSSR count). The number of Topliss-reactive ketones (excluding diaryl/α,β-unsaturated/α-hetero) is 1. The van der Waals surface area contributed by atoms with Crippen molar-refractivity contribution >= 4 is 25.8 Å². The van der Waals surface area contributed by atoms with Crippen LogP contribution in [0.4, 0.5) is 5.69 Å². The molecule has 2 saturated heterocycles. The van der Waals surface area contributed by atoms with Crippen LogP contribution in [0.15, 0.2) is 18.2 Å². The first kappa shape index (κ1) is 30.5. The number of carbonyl (C=O) groups is 2. The third-order valence-corrected chi connectivity index (χ3v) is 17.7. The number of hydrogen-bond donors (Lipinski definition) is 1. The number of aliphatic hydroxyl groups is 1. The highest BCUT2D eigenvalue weighted by molar-refractivity contribution is 6.77. The van der Waals surface area contributed by atoms with Gasteiger partial charge in [0, 0.05) is 36.8 Å². The summed E-state index contributed by atoms with van der Waals surface area (Å²) in [6, 6.07) is 5.06. The molecule has 1 aliphatic carbocycles. The van der Waals surface area contributed by atoms with E-state index in [1.807, 2.05) is 31.0 Å². The van der Waals surface area contributed by atoms with Crippen LogP contribution in [-0.4, -0.2) is 88.2 Å². The molecule has 0 unspecified atom stereocenters. The first-order valence-corrected chi connectivity index (χ1v) is 17.6. The average molecular weight is 587 g/mol. The van der Waals surface area contributed by atoms with Crippen LogP contribution < -0.4 is 9.64 Å². The minimum atomic E-state index is -2.32. The van der Waals surface area contributed by atoms with Crippen molar-refractivity contribution < 1.29 is 28.6 Å². The maximum atomic E-state index is 15.0. The fourth-order valence-electron chi connectivity index (χ4n) is 10.3. The summed E-state index contributed by atoms with van der Waals surface area (Å²) in [5, 5.41) is 12.5. The molecular formula is C32H50N2O6Si. The quantitative estimate of drug-likeness (QED) is 0.267. The highest BCUT2D eigenvalue weighted by Crippen LogP contribution is 2.67. The highest BCUT2D eigenvalue weighted by atomic mass is 28.4. The van der Waals surface area contributed by atoms with Crippen LogP contribution >= 0.6 is 0 Å². The average Bonchev–Trinajstić information content (AvgIpc) is 3.44. The number of likely N-dealkylation sites (N-methyl/N-ethyl adjacent to an activating group) is 1. The second-order valence-corrected chi connectivity index (χ2v) is 19.3. The van der Waals surface area contributed by atoms with Gasteiger partial charge in [0.05, 0.1) is 31.8 Å². The molecule has 41 heavy (non-hydrogen) atoms. The Morgan fingerprint density at radius 2 is 1.73 bits per heavy atom. The minimum Gasteiger partial charge on any atom is -0.497 e. The summed E-state index contributed by atoms with van der Waals surface area (Å²) < 4.78 is 18.1. The van der Waals surface area contributed by atoms with E-state index < -0.39 is 42.5 Å². The molecule has 0 bridgehead atoms. The number of benzene rings is 1. The standard InChI is InChI=1S/C32H50N2O6Si/c1-11-30-17-23(40-41(19(2)3,20(4)5)21(6)7)18-34-15-14-31(26(30)34)24-13-12-22(38-9)16-25(24)33(8)27(31)32(37,28(30)35)29(36)39-10/h12-13,16,19-21,23,26-27,37H,11,14-15,17-18H2,1-10H3/t23-,26-,27+,30+,31+,32-/m0/s1. The van der Waals surface area contributed by atoms with Crippen LogP contribution in [0.3, 0.4) is 0 Å². The molecule has 3 aliphatic heterocycles. The second kappa shape index (κ2) is 10.1. The van der Waals surface area contributed by atoms with Gasteiger partial charge in [-0.1, -0.05) is 54.5 Å². The number of piperidine rings is 1. The topological polar surface area (TPSA) is 88.5 Å². The Morgan fingerprint density at radius 1 is 1.10 bits per heavy atom. The van der Waals surface area contributed by atoms with Crippen molar-refractivity contribution in [3.8, 4) is 5.75 Å². The zero-order valence-electron chi connectivity index (χ0n) is 26.6. The number of carbonyl (C=O) groups excluding carboxylic acids is 2. The summed E-state index contributed by atoms with van der Waals surface area (Å²) in [5.74, 6) is -0.589. The van der Waals surface area contributed by atoms with Gasteiger partial charge < -0.3 is 23.9 Å². The zero-order chi connectivity index (χ0) is 30.3. The van der Waals surface area contributed by atoms with Gasteiger partial charge in [-0.3, -0.25) is 9.69 Å². The number of methoxy groups -OCH3 is 2. The fraction of sp³-hybridized carbons (Fsp3) is 0.750. The molecule has 9 heteroatoms. The van der Waals surface area contributed by atoms with E-state index in [9.17, 15) is 14.7 Å². The van der Waals surface area contributed by atoms with Gasteiger partial charge in [-0.05, 0) is 54.1 Å². The third-order valence-electron chi connectivity index (χ3n) is 11.6. The van der Waals surface area contributed by atoms with Gasteiger partial charge in [0.15, 0.2) is 5.78 Å². The lowest BCUT2D eigenvalue weighted by Crippen LogP contribution is -2.81. The maximum Gasteiger partial charge on any atom is 0.348 e. The summed E-state index contributed by atoms with van der Waals surface area (Å²) in [5.41, 5.74) is -0.723. The lowest BCUT2D eigenvalue weighted by molar-refractivity contribution is -0.195. The molecule has 0 amide bonds. The van der Waals surface area contributed by atoms with Crippen LogP contribution in [0.1, 0.15) is 73.3 Å². The van der Waals surface area contributed by atoms with Gasteiger partial charge >= 0.3 is 5.97 Å². The van der Waals surface area contributed by atoms with Crippen LogP contribution in [0.2, 0.25) is 16.6 Å². The number of ether oxygens (including phenoxy) is 2. The Labute approximate surface area is 246 Å². The lowest BCUT2D eigenvalue weighted by atomic mass is 9.47. The Bertz CT molecular complexity index is 1200. The van der Waals surface area contributed by atoms with Crippen LogP contribution in [0.25, 0.3) is 0 Å². The summed E-state index contributed by atoms with van der Waals surface area (Å²) in [7, 11) is 2.52. The number of fused-ring (bicyclic) bond motifs is 1. The Morgan fingerprint density at radius 3 is 2.27 bits per heavy atom. The summed E-state index contributed by atoms with van der Waals surface area (Å²) in [6.07, 6.45) is 1.58. The van der Waals surface area contributed by atoms with Crippen molar-refractivity contribution in [2.45, 2.75) is 114 Å². The predicted molar refractivity (Wildman–Crippen MR) is 162 cm³/mol. The van der Waals surface area contributed by atoms with E-state index in [2.05, 4.69) is 52.5 Å². The van der Waals surface area contributed by atoms with Crippen LogP contribution in [0, 0.1) is 5.41 Å². The van der Waals surface area contributed by atoms with E-state index in [1.165, 1.54) is 7.11 Å². The van der Waals surface area contributed by atoms with Crippen molar-refractivity contribution in [3.05, 3.63) is 23.8 Å². The fourth-order valence-corrected chi connectivity index (χ4v) is 15.9. The molecule has 6 atom stereocenters. The predicted octanol–water partition coefficient (Wildman–Crippen LogP) is 4.67. The maximum absolute atomic E-state index is 15.0. The minimum absolute atomic E-state index is 0.155. The van der Waals surface area contributed by atoms with Crippen molar-refractivity contribution in [2.24, 2.45) is 5.41 Å². The molecule has 0 radical (unpaired) electrons. The van der Waals surface area contributed by atoms with Crippen LogP contribution in [0.5, 0.6) is 5.75 Å². The Balaban J connectivity index is 1.71. The van der Waals surface area contributed by atoms with Gasteiger partial charge in [0.1, 0.15) is 5.75 Å². The summed E-state index contributed by atoms with van der Waals surface area (Å²) in [4.78, 5) is 33.0. The molecule has 1 spiro atoms. The Kier molecular flexibility index (Phi) is 7.49. The van der Waals surface area contributed by atoms with Gasteiger partial charge in [-0.2, -0.15) is 0 Å². The molecule has 1 aromatic rings. The molecule has 8 nitrogen and oxygen atoms in total. The number of ketones is 1. The zero-order valence-corrected chi connectivity index (χ0v) is 27.6. The van der Waals surface area contributed by atoms with Gasteiger partial charge in [-0.25, -0.2) is 4.79 Å². The third kappa shape index (κ3) is 3.67. The molecule has 3 heterocycles. The van der Waals surface area contributed by atoms with E-state index in [1.54, 1.807) is 7.11 Å². The molecule has 228 valence electrons. The number of hydrogen-bond acceptors (Lipinski definition) is 8. The molecule has 1 saturated carbocycles. The first-order valence-electron chi connectivity index (χ1n) is 15.4. The number of rotatable bonds is 8. The van der Waals surface area contributed by atoms with E-state index in [0.29, 0.717) is 35.2 Å². The highest BCUT2D eigenvalue weighted by Gasteiger charge is 2.80.